The summed E-state index contributed by atoms with van der Waals surface area (Å²) >= 11 is 0. The zero-order valence-corrected chi connectivity index (χ0v) is 13.5. The third-order valence-corrected chi connectivity index (χ3v) is 3.83. The highest BCUT2D eigenvalue weighted by atomic mass is 19.1. The number of ether oxygens (including phenoxy) is 1. The van der Waals surface area contributed by atoms with Gasteiger partial charge < -0.3 is 9.64 Å². The Kier molecular flexibility index (Phi) is 4.20. The van der Waals surface area contributed by atoms with Gasteiger partial charge in [0.15, 0.2) is 0 Å². The minimum Gasteiger partial charge on any atom is -0.491 e. The Hall–Kier alpha value is -2.89. The second kappa shape index (κ2) is 6.31. The number of imide groups is 1. The molecule has 124 valence electrons. The highest BCUT2D eigenvalue weighted by molar-refractivity contribution is 6.34. The average Bonchev–Trinajstić information content (AvgIpc) is 2.84. The van der Waals surface area contributed by atoms with Crippen molar-refractivity contribution in [2.75, 3.05) is 37.2 Å². The van der Waals surface area contributed by atoms with Crippen LogP contribution in [-0.4, -0.2) is 39.2 Å². The van der Waals surface area contributed by atoms with Gasteiger partial charge in [-0.05, 0) is 42.5 Å². The van der Waals surface area contributed by atoms with Crippen LogP contribution in [0.1, 0.15) is 20.7 Å². The van der Waals surface area contributed by atoms with Crippen LogP contribution < -0.4 is 14.5 Å². The number of carbonyl (C=O) groups is 2. The Morgan fingerprint density at radius 1 is 1.00 bits per heavy atom. The molecule has 3 rings (SSSR count). The van der Waals surface area contributed by atoms with Gasteiger partial charge in [0.2, 0.25) is 0 Å². The van der Waals surface area contributed by atoms with E-state index in [1.807, 2.05) is 31.1 Å². The molecule has 2 aromatic rings. The van der Waals surface area contributed by atoms with E-state index in [9.17, 15) is 14.0 Å². The highest BCUT2D eigenvalue weighted by Gasteiger charge is 2.36. The molecule has 0 radical (unpaired) electrons. The van der Waals surface area contributed by atoms with Crippen LogP contribution >= 0.6 is 0 Å². The van der Waals surface area contributed by atoms with E-state index >= 15 is 0 Å². The van der Waals surface area contributed by atoms with Crippen molar-refractivity contribution >= 4 is 23.2 Å². The Morgan fingerprint density at radius 3 is 2.29 bits per heavy atom. The number of fused-ring (bicyclic) bond motifs is 1. The molecule has 1 heterocycles. The number of alkyl halides is 1. The summed E-state index contributed by atoms with van der Waals surface area (Å²) in [5, 5.41) is 0. The summed E-state index contributed by atoms with van der Waals surface area (Å²) in [6, 6.07) is 11.7. The lowest BCUT2D eigenvalue weighted by molar-refractivity contribution is 0.0926. The molecule has 2 aromatic carbocycles. The summed E-state index contributed by atoms with van der Waals surface area (Å²) in [4.78, 5) is 28.2. The van der Waals surface area contributed by atoms with Gasteiger partial charge in [-0.2, -0.15) is 0 Å². The number of benzene rings is 2. The molecule has 6 heteroatoms. The predicted molar refractivity (Wildman–Crippen MR) is 89.8 cm³/mol. The number of hydrogen-bond donors (Lipinski definition) is 0. The van der Waals surface area contributed by atoms with Crippen molar-refractivity contribution in [2.24, 2.45) is 0 Å². The molecular weight excluding hydrogens is 311 g/mol. The largest absolute Gasteiger partial charge is 0.491 e. The van der Waals surface area contributed by atoms with E-state index < -0.39 is 12.6 Å². The minimum absolute atomic E-state index is 0.0867. The van der Waals surface area contributed by atoms with Crippen LogP contribution in [0.25, 0.3) is 0 Å². The van der Waals surface area contributed by atoms with E-state index in [0.29, 0.717) is 17.0 Å². The lowest BCUT2D eigenvalue weighted by Gasteiger charge is -2.16. The first kappa shape index (κ1) is 16.0. The summed E-state index contributed by atoms with van der Waals surface area (Å²) in [5.74, 6) is -0.402. The minimum atomic E-state index is -0.617. The van der Waals surface area contributed by atoms with Crippen molar-refractivity contribution in [1.82, 2.24) is 0 Å². The Labute approximate surface area is 139 Å². The fourth-order valence-corrected chi connectivity index (χ4v) is 2.60. The predicted octanol–water partition coefficient (Wildman–Crippen LogP) is 2.90. The third-order valence-electron chi connectivity index (χ3n) is 3.83. The molecular formula is C18H17FN2O3. The third kappa shape index (κ3) is 2.71. The standard InChI is InChI=1S/C18H17FN2O3/c1-20(2)12-3-5-13(6-4-12)21-17(22)15-8-7-14(24-10-9-19)11-16(15)18(21)23/h3-8,11H,9-10H2,1-2H3. The van der Waals surface area contributed by atoms with E-state index in [1.54, 1.807) is 18.2 Å². The first-order valence-corrected chi connectivity index (χ1v) is 7.52. The van der Waals surface area contributed by atoms with E-state index in [-0.39, 0.29) is 18.1 Å². The molecule has 0 spiro atoms. The van der Waals surface area contributed by atoms with E-state index in [0.717, 1.165) is 10.6 Å². The first-order valence-electron chi connectivity index (χ1n) is 7.52. The summed E-state index contributed by atoms with van der Waals surface area (Å²) in [5.41, 5.74) is 2.08. The van der Waals surface area contributed by atoms with Crippen LogP contribution in [0.2, 0.25) is 0 Å². The van der Waals surface area contributed by atoms with Gasteiger partial charge in [0.25, 0.3) is 11.8 Å². The van der Waals surface area contributed by atoms with Gasteiger partial charge in [-0.1, -0.05) is 0 Å². The molecule has 0 saturated heterocycles. The van der Waals surface area contributed by atoms with Gasteiger partial charge >= 0.3 is 0 Å². The van der Waals surface area contributed by atoms with Gasteiger partial charge in [0, 0.05) is 19.8 Å². The smallest absolute Gasteiger partial charge is 0.266 e. The molecule has 0 atom stereocenters. The summed E-state index contributed by atoms with van der Waals surface area (Å²) in [6.45, 7) is -0.703. The SMILES string of the molecule is CN(C)c1ccc(N2C(=O)c3ccc(OCCF)cc3C2=O)cc1. The van der Waals surface area contributed by atoms with Gasteiger partial charge in [0.05, 0.1) is 16.8 Å². The van der Waals surface area contributed by atoms with Crippen LogP contribution in [0, 0.1) is 0 Å². The van der Waals surface area contributed by atoms with E-state index in [4.69, 9.17) is 4.74 Å². The van der Waals surface area contributed by atoms with Crippen molar-refractivity contribution in [1.29, 1.82) is 0 Å². The fourth-order valence-electron chi connectivity index (χ4n) is 2.60. The molecule has 0 bridgehead atoms. The monoisotopic (exact) mass is 328 g/mol. The van der Waals surface area contributed by atoms with E-state index in [1.165, 1.54) is 12.1 Å². The van der Waals surface area contributed by atoms with Gasteiger partial charge in [-0.25, -0.2) is 9.29 Å². The second-order valence-corrected chi connectivity index (χ2v) is 5.60. The van der Waals surface area contributed by atoms with Crippen molar-refractivity contribution in [3.8, 4) is 5.75 Å². The van der Waals surface area contributed by atoms with Gasteiger partial charge in [0.1, 0.15) is 19.0 Å². The molecule has 1 aliphatic rings. The van der Waals surface area contributed by atoms with Crippen molar-refractivity contribution < 1.29 is 18.7 Å². The van der Waals surface area contributed by atoms with Crippen molar-refractivity contribution in [2.45, 2.75) is 0 Å². The normalized spacial score (nSPS) is 13.2. The van der Waals surface area contributed by atoms with Crippen LogP contribution in [0.4, 0.5) is 15.8 Å². The number of halogens is 1. The molecule has 0 fully saturated rings. The highest BCUT2D eigenvalue weighted by Crippen LogP contribution is 2.31. The number of rotatable bonds is 5. The molecule has 0 aromatic heterocycles. The number of nitrogens with zero attached hydrogens (tertiary/aromatic N) is 2. The molecule has 5 nitrogen and oxygen atoms in total. The van der Waals surface area contributed by atoms with Crippen LogP contribution in [-0.2, 0) is 0 Å². The lowest BCUT2D eigenvalue weighted by atomic mass is 10.1. The number of amides is 2. The summed E-state index contributed by atoms with van der Waals surface area (Å²) < 4.78 is 17.4. The Balaban J connectivity index is 1.91. The van der Waals surface area contributed by atoms with Crippen LogP contribution in [0.3, 0.4) is 0 Å². The first-order chi connectivity index (χ1) is 11.5. The molecule has 0 saturated carbocycles. The molecule has 0 N–H and O–H groups in total. The molecule has 24 heavy (non-hydrogen) atoms. The van der Waals surface area contributed by atoms with Crippen LogP contribution in [0.5, 0.6) is 5.75 Å². The maximum absolute atomic E-state index is 12.6. The number of hydrogen-bond acceptors (Lipinski definition) is 4. The quantitative estimate of drug-likeness (QED) is 0.792. The number of carbonyl (C=O) groups excluding carboxylic acids is 2. The van der Waals surface area contributed by atoms with Crippen LogP contribution in [0.15, 0.2) is 42.5 Å². The average molecular weight is 328 g/mol. The van der Waals surface area contributed by atoms with Gasteiger partial charge in [-0.3, -0.25) is 9.59 Å². The maximum Gasteiger partial charge on any atom is 0.266 e. The van der Waals surface area contributed by atoms with Gasteiger partial charge in [-0.15, -0.1) is 0 Å². The molecule has 1 aliphatic heterocycles. The summed E-state index contributed by atoms with van der Waals surface area (Å²) in [6.07, 6.45) is 0. The number of anilines is 2. The maximum atomic E-state index is 12.6. The second-order valence-electron chi connectivity index (χ2n) is 5.60. The topological polar surface area (TPSA) is 49.9 Å². The Morgan fingerprint density at radius 2 is 1.67 bits per heavy atom. The van der Waals surface area contributed by atoms with Crippen molar-refractivity contribution in [3.05, 3.63) is 53.6 Å². The zero-order chi connectivity index (χ0) is 17.3. The van der Waals surface area contributed by atoms with E-state index in [2.05, 4.69) is 0 Å². The molecule has 2 amide bonds. The molecule has 0 unspecified atom stereocenters. The molecule has 0 aliphatic carbocycles. The Bertz CT molecular complexity index is 787. The zero-order valence-electron chi connectivity index (χ0n) is 13.5. The van der Waals surface area contributed by atoms with Crippen molar-refractivity contribution in [3.63, 3.8) is 0 Å². The summed E-state index contributed by atoms with van der Waals surface area (Å²) in [7, 11) is 3.83. The fraction of sp³-hybridized carbons (Fsp3) is 0.222. The lowest BCUT2D eigenvalue weighted by Crippen LogP contribution is -2.29.